The van der Waals surface area contributed by atoms with Crippen molar-refractivity contribution in [1.82, 2.24) is 4.90 Å². The third-order valence-corrected chi connectivity index (χ3v) is 3.90. The first-order valence-corrected chi connectivity index (χ1v) is 7.28. The lowest BCUT2D eigenvalue weighted by Crippen LogP contribution is -2.49. The van der Waals surface area contributed by atoms with Gasteiger partial charge < -0.3 is 10.6 Å². The van der Waals surface area contributed by atoms with Crippen molar-refractivity contribution in [3.05, 3.63) is 29.8 Å². The summed E-state index contributed by atoms with van der Waals surface area (Å²) in [4.78, 5) is 3.58. The van der Waals surface area contributed by atoms with Gasteiger partial charge in [0.1, 0.15) is 0 Å². The van der Waals surface area contributed by atoms with Crippen LogP contribution in [0.15, 0.2) is 24.3 Å². The summed E-state index contributed by atoms with van der Waals surface area (Å²) in [5, 5.41) is 0. The molecule has 0 radical (unpaired) electrons. The predicted octanol–water partition coefficient (Wildman–Crippen LogP) is 2.78. The van der Waals surface area contributed by atoms with Gasteiger partial charge in [-0.2, -0.15) is 13.2 Å². The topological polar surface area (TPSA) is 32.5 Å². The van der Waals surface area contributed by atoms with Crippen molar-refractivity contribution in [2.45, 2.75) is 25.6 Å². The van der Waals surface area contributed by atoms with E-state index in [0.717, 1.165) is 17.7 Å². The van der Waals surface area contributed by atoms with E-state index in [1.807, 2.05) is 31.2 Å². The first kappa shape index (κ1) is 16.1. The van der Waals surface area contributed by atoms with Gasteiger partial charge in [-0.1, -0.05) is 19.1 Å². The second kappa shape index (κ2) is 6.66. The number of rotatable bonds is 4. The molecule has 0 bridgehead atoms. The van der Waals surface area contributed by atoms with Gasteiger partial charge in [-0.3, -0.25) is 4.90 Å². The summed E-state index contributed by atoms with van der Waals surface area (Å²) in [6.07, 6.45) is -3.23. The van der Waals surface area contributed by atoms with Crippen molar-refractivity contribution in [2.24, 2.45) is 5.73 Å². The number of hydrogen-bond acceptors (Lipinski definition) is 3. The van der Waals surface area contributed by atoms with Gasteiger partial charge in [-0.05, 0) is 24.1 Å². The van der Waals surface area contributed by atoms with Crippen LogP contribution in [0.25, 0.3) is 0 Å². The highest BCUT2D eigenvalue weighted by Gasteiger charge is 2.32. The fourth-order valence-corrected chi connectivity index (χ4v) is 2.59. The summed E-state index contributed by atoms with van der Waals surface area (Å²) in [5.41, 5.74) is 8.12. The first-order valence-electron chi connectivity index (χ1n) is 7.28. The molecule has 2 rings (SSSR count). The van der Waals surface area contributed by atoms with Crippen LogP contribution < -0.4 is 10.6 Å². The van der Waals surface area contributed by atoms with E-state index in [1.165, 1.54) is 4.90 Å². The van der Waals surface area contributed by atoms with E-state index >= 15 is 0 Å². The monoisotopic (exact) mass is 301 g/mol. The highest BCUT2D eigenvalue weighted by Crippen LogP contribution is 2.22. The minimum atomic E-state index is -4.11. The number of alkyl halides is 3. The Labute approximate surface area is 123 Å². The Morgan fingerprint density at radius 2 is 1.67 bits per heavy atom. The van der Waals surface area contributed by atoms with E-state index in [4.69, 9.17) is 5.73 Å². The molecule has 1 aromatic rings. The molecule has 118 valence electrons. The molecule has 3 nitrogen and oxygen atoms in total. The minimum Gasteiger partial charge on any atom is -0.369 e. The van der Waals surface area contributed by atoms with Crippen molar-refractivity contribution in [2.75, 3.05) is 37.6 Å². The Hall–Kier alpha value is -1.27. The summed E-state index contributed by atoms with van der Waals surface area (Å²) >= 11 is 0. The van der Waals surface area contributed by atoms with Gasteiger partial charge >= 0.3 is 6.18 Å². The van der Waals surface area contributed by atoms with Crippen LogP contribution in [0.1, 0.15) is 24.9 Å². The van der Waals surface area contributed by atoms with Crippen molar-refractivity contribution >= 4 is 5.69 Å². The van der Waals surface area contributed by atoms with Crippen LogP contribution in [-0.2, 0) is 0 Å². The largest absolute Gasteiger partial charge is 0.401 e. The van der Waals surface area contributed by atoms with Crippen molar-refractivity contribution < 1.29 is 13.2 Å². The second-order valence-corrected chi connectivity index (χ2v) is 5.48. The Balaban J connectivity index is 1.90. The summed E-state index contributed by atoms with van der Waals surface area (Å²) in [5.74, 6) is 0. The molecule has 6 heteroatoms. The third-order valence-electron chi connectivity index (χ3n) is 3.90. The first-order chi connectivity index (χ1) is 9.89. The van der Waals surface area contributed by atoms with Crippen molar-refractivity contribution in [3.8, 4) is 0 Å². The van der Waals surface area contributed by atoms with Crippen LogP contribution in [0.5, 0.6) is 0 Å². The van der Waals surface area contributed by atoms with Gasteiger partial charge in [0, 0.05) is 37.9 Å². The van der Waals surface area contributed by atoms with Gasteiger partial charge in [0.25, 0.3) is 0 Å². The SMILES string of the molecule is CC[C@@H](N)c1ccc(N2CCN(CC(F)(F)F)CC2)cc1. The molecule has 1 aromatic carbocycles. The molecular formula is C15H22F3N3. The molecule has 1 heterocycles. The van der Waals surface area contributed by atoms with E-state index in [0.29, 0.717) is 26.2 Å². The van der Waals surface area contributed by atoms with Crippen LogP contribution in [-0.4, -0.2) is 43.8 Å². The smallest absolute Gasteiger partial charge is 0.369 e. The minimum absolute atomic E-state index is 0.0442. The Morgan fingerprint density at radius 3 is 2.14 bits per heavy atom. The Kier molecular flexibility index (Phi) is 5.11. The van der Waals surface area contributed by atoms with Gasteiger partial charge in [0.05, 0.1) is 6.54 Å². The molecule has 0 saturated carbocycles. The molecule has 1 saturated heterocycles. The van der Waals surface area contributed by atoms with Crippen LogP contribution in [0.2, 0.25) is 0 Å². The molecule has 0 unspecified atom stereocenters. The van der Waals surface area contributed by atoms with Crippen molar-refractivity contribution in [1.29, 1.82) is 0 Å². The number of anilines is 1. The lowest BCUT2D eigenvalue weighted by atomic mass is 10.0. The van der Waals surface area contributed by atoms with Gasteiger partial charge in [0.15, 0.2) is 0 Å². The number of hydrogen-bond donors (Lipinski definition) is 1. The van der Waals surface area contributed by atoms with Crippen LogP contribution in [0.3, 0.4) is 0 Å². The van der Waals surface area contributed by atoms with E-state index in [1.54, 1.807) is 0 Å². The van der Waals surface area contributed by atoms with Gasteiger partial charge in [-0.25, -0.2) is 0 Å². The lowest BCUT2D eigenvalue weighted by Gasteiger charge is -2.36. The fraction of sp³-hybridized carbons (Fsp3) is 0.600. The van der Waals surface area contributed by atoms with Crippen LogP contribution in [0.4, 0.5) is 18.9 Å². The Bertz CT molecular complexity index is 436. The van der Waals surface area contributed by atoms with E-state index in [9.17, 15) is 13.2 Å². The average molecular weight is 301 g/mol. The summed E-state index contributed by atoms with van der Waals surface area (Å²) in [7, 11) is 0. The maximum atomic E-state index is 12.3. The molecular weight excluding hydrogens is 279 g/mol. The van der Waals surface area contributed by atoms with Crippen molar-refractivity contribution in [3.63, 3.8) is 0 Å². The maximum Gasteiger partial charge on any atom is 0.401 e. The normalized spacial score (nSPS) is 18.8. The molecule has 1 aliphatic rings. The average Bonchev–Trinajstić information content (AvgIpc) is 2.46. The summed E-state index contributed by atoms with van der Waals surface area (Å²) < 4.78 is 37.0. The molecule has 0 spiro atoms. The zero-order valence-corrected chi connectivity index (χ0v) is 12.2. The number of nitrogens with zero attached hydrogens (tertiary/aromatic N) is 2. The molecule has 2 N–H and O–H groups in total. The molecule has 0 aromatic heterocycles. The number of halogens is 3. The molecule has 1 aliphatic heterocycles. The second-order valence-electron chi connectivity index (χ2n) is 5.48. The standard InChI is InChI=1S/C15H22F3N3/c1-2-14(19)12-3-5-13(6-4-12)21-9-7-20(8-10-21)11-15(16,17)18/h3-6,14H,2,7-11,19H2,1H3/t14-/m1/s1. The zero-order valence-electron chi connectivity index (χ0n) is 12.2. The number of benzene rings is 1. The van der Waals surface area contributed by atoms with E-state index < -0.39 is 12.7 Å². The number of nitrogens with two attached hydrogens (primary N) is 1. The number of piperazine rings is 1. The summed E-state index contributed by atoms with van der Waals surface area (Å²) in [6.45, 7) is 3.35. The maximum absolute atomic E-state index is 12.3. The lowest BCUT2D eigenvalue weighted by molar-refractivity contribution is -0.146. The summed E-state index contributed by atoms with van der Waals surface area (Å²) in [6, 6.07) is 8.06. The molecule has 1 fully saturated rings. The van der Waals surface area contributed by atoms with Gasteiger partial charge in [0.2, 0.25) is 0 Å². The highest BCUT2D eigenvalue weighted by molar-refractivity contribution is 5.48. The molecule has 0 aliphatic carbocycles. The van der Waals surface area contributed by atoms with E-state index in [-0.39, 0.29) is 6.04 Å². The predicted molar refractivity (Wildman–Crippen MR) is 78.4 cm³/mol. The Morgan fingerprint density at radius 1 is 1.10 bits per heavy atom. The van der Waals surface area contributed by atoms with Crippen LogP contribution in [0, 0.1) is 0 Å². The van der Waals surface area contributed by atoms with Crippen LogP contribution >= 0.6 is 0 Å². The zero-order chi connectivity index (χ0) is 15.5. The highest BCUT2D eigenvalue weighted by atomic mass is 19.4. The molecule has 0 amide bonds. The molecule has 21 heavy (non-hydrogen) atoms. The third kappa shape index (κ3) is 4.61. The van der Waals surface area contributed by atoms with Gasteiger partial charge in [-0.15, -0.1) is 0 Å². The van der Waals surface area contributed by atoms with E-state index in [2.05, 4.69) is 4.90 Å². The molecule has 1 atom stereocenters. The fourth-order valence-electron chi connectivity index (χ4n) is 2.59. The quantitative estimate of drug-likeness (QED) is 0.928.